The van der Waals surface area contributed by atoms with E-state index in [9.17, 15) is 15.3 Å². The zero-order valence-electron chi connectivity index (χ0n) is 11.6. The molecule has 2 heterocycles. The molecule has 2 unspecified atom stereocenters. The third-order valence-corrected chi connectivity index (χ3v) is 3.42. The Bertz CT molecular complexity index is 502. The maximum absolute atomic E-state index is 10.7. The fraction of sp³-hybridized carbons (Fsp3) is 0.667. The van der Waals surface area contributed by atoms with E-state index in [2.05, 4.69) is 16.0 Å². The minimum absolute atomic E-state index is 0.0244. The number of aliphatic imine (C=N–C) groups is 1. The molecule has 2 aliphatic heterocycles. The maximum Gasteiger partial charge on any atom is 0.245 e. The molecular formula is C12H18N4O5. The van der Waals surface area contributed by atoms with Crippen LogP contribution in [0.15, 0.2) is 10.1 Å². The Labute approximate surface area is 121 Å². The summed E-state index contributed by atoms with van der Waals surface area (Å²) >= 11 is 0. The van der Waals surface area contributed by atoms with Crippen LogP contribution in [0.1, 0.15) is 6.92 Å². The molecule has 1 saturated heterocycles. The Morgan fingerprint density at radius 2 is 2.33 bits per heavy atom. The average Bonchev–Trinajstić information content (AvgIpc) is 2.72. The molecular weight excluding hydrogens is 280 g/mol. The molecule has 0 aromatic heterocycles. The van der Waals surface area contributed by atoms with Gasteiger partial charge in [0.1, 0.15) is 18.0 Å². The highest BCUT2D eigenvalue weighted by molar-refractivity contribution is 6.28. The van der Waals surface area contributed by atoms with Crippen molar-refractivity contribution >= 4 is 12.1 Å². The number of hydrazone groups is 1. The van der Waals surface area contributed by atoms with Crippen LogP contribution in [0, 0.1) is 12.3 Å². The van der Waals surface area contributed by atoms with Gasteiger partial charge in [0.2, 0.25) is 12.0 Å². The summed E-state index contributed by atoms with van der Waals surface area (Å²) in [6.07, 6.45) is 1.01. The summed E-state index contributed by atoms with van der Waals surface area (Å²) in [5, 5.41) is 35.1. The van der Waals surface area contributed by atoms with E-state index in [1.54, 1.807) is 0 Å². The molecule has 0 bridgehead atoms. The lowest BCUT2D eigenvalue weighted by molar-refractivity contribution is -0.172. The van der Waals surface area contributed by atoms with Crippen LogP contribution < -0.4 is 5.73 Å². The molecule has 9 heteroatoms. The molecule has 0 radical (unpaired) electrons. The number of aliphatic hydroxyl groups is 3. The number of nitrogens with zero attached hydrogens (tertiary/aromatic N) is 3. The molecule has 2 rings (SSSR count). The van der Waals surface area contributed by atoms with Crippen LogP contribution in [0.25, 0.3) is 0 Å². The molecule has 0 saturated carbocycles. The van der Waals surface area contributed by atoms with E-state index < -0.39 is 36.5 Å². The molecule has 0 spiro atoms. The van der Waals surface area contributed by atoms with Gasteiger partial charge in [-0.15, -0.1) is 6.42 Å². The van der Waals surface area contributed by atoms with Crippen molar-refractivity contribution in [3.63, 3.8) is 0 Å². The lowest BCUT2D eigenvalue weighted by Gasteiger charge is -2.35. The summed E-state index contributed by atoms with van der Waals surface area (Å²) in [7, 11) is 1.33. The van der Waals surface area contributed by atoms with Crippen molar-refractivity contribution in [2.24, 2.45) is 15.8 Å². The first-order valence-electron chi connectivity index (χ1n) is 6.25. The number of ether oxygens (including phenoxy) is 2. The SMILES string of the molecule is C#CC1(O)[C@@H](OC)[C@@H]([C@@H](C)O)O[C@H]1N1N=CC(N)=NC1O. The van der Waals surface area contributed by atoms with E-state index in [1.807, 2.05) is 0 Å². The zero-order chi connectivity index (χ0) is 15.8. The van der Waals surface area contributed by atoms with Crippen molar-refractivity contribution in [1.82, 2.24) is 5.01 Å². The Hall–Kier alpha value is -1.70. The summed E-state index contributed by atoms with van der Waals surface area (Å²) in [6, 6.07) is 0. The van der Waals surface area contributed by atoms with E-state index in [4.69, 9.17) is 21.6 Å². The fourth-order valence-corrected chi connectivity index (χ4v) is 2.41. The average molecular weight is 298 g/mol. The van der Waals surface area contributed by atoms with E-state index in [0.29, 0.717) is 0 Å². The van der Waals surface area contributed by atoms with Crippen LogP contribution in [-0.2, 0) is 9.47 Å². The molecule has 9 nitrogen and oxygen atoms in total. The number of hydrogen-bond acceptors (Lipinski definition) is 9. The second-order valence-electron chi connectivity index (χ2n) is 4.84. The Morgan fingerprint density at radius 3 is 2.81 bits per heavy atom. The van der Waals surface area contributed by atoms with Gasteiger partial charge in [-0.05, 0) is 6.92 Å². The first-order valence-corrected chi connectivity index (χ1v) is 6.25. The highest BCUT2D eigenvalue weighted by Crippen LogP contribution is 2.37. The summed E-state index contributed by atoms with van der Waals surface area (Å²) in [4.78, 5) is 3.69. The van der Waals surface area contributed by atoms with Gasteiger partial charge in [-0.1, -0.05) is 5.92 Å². The van der Waals surface area contributed by atoms with Gasteiger partial charge in [0, 0.05) is 7.11 Å². The van der Waals surface area contributed by atoms with Gasteiger partial charge in [0.15, 0.2) is 6.23 Å². The van der Waals surface area contributed by atoms with Crippen LogP contribution >= 0.6 is 0 Å². The number of aliphatic hydroxyl groups excluding tert-OH is 2. The Balaban J connectivity index is 2.35. The normalized spacial score (nSPS) is 40.8. The van der Waals surface area contributed by atoms with Gasteiger partial charge < -0.3 is 30.5 Å². The molecule has 0 amide bonds. The fourth-order valence-electron chi connectivity index (χ4n) is 2.41. The predicted octanol–water partition coefficient (Wildman–Crippen LogP) is -2.59. The number of amidine groups is 1. The van der Waals surface area contributed by atoms with E-state index in [-0.39, 0.29) is 5.84 Å². The Morgan fingerprint density at radius 1 is 1.67 bits per heavy atom. The Kier molecular flexibility index (Phi) is 4.18. The van der Waals surface area contributed by atoms with E-state index >= 15 is 0 Å². The van der Waals surface area contributed by atoms with Gasteiger partial charge in [0.05, 0.1) is 12.3 Å². The molecule has 0 aliphatic carbocycles. The van der Waals surface area contributed by atoms with E-state index in [0.717, 1.165) is 5.01 Å². The van der Waals surface area contributed by atoms with Crippen LogP contribution in [-0.4, -0.2) is 76.0 Å². The summed E-state index contributed by atoms with van der Waals surface area (Å²) < 4.78 is 10.7. The topological polar surface area (TPSA) is 133 Å². The monoisotopic (exact) mass is 298 g/mol. The smallest absolute Gasteiger partial charge is 0.245 e. The molecule has 1 fully saturated rings. The minimum atomic E-state index is -1.93. The maximum atomic E-state index is 10.7. The van der Waals surface area contributed by atoms with Crippen molar-refractivity contribution in [3.8, 4) is 12.3 Å². The van der Waals surface area contributed by atoms with Crippen molar-refractivity contribution in [2.75, 3.05) is 7.11 Å². The summed E-state index contributed by atoms with van der Waals surface area (Å²) in [5.74, 6) is 2.22. The van der Waals surface area contributed by atoms with Gasteiger partial charge in [-0.3, -0.25) is 0 Å². The summed E-state index contributed by atoms with van der Waals surface area (Å²) in [5.41, 5.74) is 3.49. The number of methoxy groups -OCH3 is 1. The van der Waals surface area contributed by atoms with Crippen molar-refractivity contribution in [1.29, 1.82) is 0 Å². The lowest BCUT2D eigenvalue weighted by atomic mass is 9.93. The van der Waals surface area contributed by atoms with Crippen molar-refractivity contribution in [2.45, 2.75) is 43.4 Å². The summed E-state index contributed by atoms with van der Waals surface area (Å²) in [6.45, 7) is 1.47. The first kappa shape index (κ1) is 15.7. The quantitative estimate of drug-likeness (QED) is 0.420. The molecule has 2 aliphatic rings. The van der Waals surface area contributed by atoms with Crippen molar-refractivity contribution in [3.05, 3.63) is 0 Å². The number of terminal acetylenes is 1. The second kappa shape index (κ2) is 5.59. The number of nitrogens with two attached hydrogens (primary N) is 1. The van der Waals surface area contributed by atoms with Gasteiger partial charge in [0.25, 0.3) is 0 Å². The third kappa shape index (κ3) is 2.48. The van der Waals surface area contributed by atoms with Crippen molar-refractivity contribution < 1.29 is 24.8 Å². The number of rotatable bonds is 3. The highest BCUT2D eigenvalue weighted by Gasteiger charge is 2.60. The van der Waals surface area contributed by atoms with Crippen LogP contribution in [0.4, 0.5) is 0 Å². The number of hydrogen-bond donors (Lipinski definition) is 4. The second-order valence-corrected chi connectivity index (χ2v) is 4.84. The lowest BCUT2D eigenvalue weighted by Crippen LogP contribution is -2.56. The minimum Gasteiger partial charge on any atom is -0.391 e. The third-order valence-electron chi connectivity index (χ3n) is 3.42. The van der Waals surface area contributed by atoms with E-state index in [1.165, 1.54) is 20.2 Å². The highest BCUT2D eigenvalue weighted by atomic mass is 16.6. The molecule has 5 N–H and O–H groups in total. The van der Waals surface area contributed by atoms with Crippen LogP contribution in [0.2, 0.25) is 0 Å². The zero-order valence-corrected chi connectivity index (χ0v) is 11.6. The first-order chi connectivity index (χ1) is 9.85. The van der Waals surface area contributed by atoms with Gasteiger partial charge >= 0.3 is 0 Å². The van der Waals surface area contributed by atoms with Gasteiger partial charge in [-0.25, -0.2) is 10.0 Å². The molecule has 6 atom stereocenters. The molecule has 21 heavy (non-hydrogen) atoms. The largest absolute Gasteiger partial charge is 0.391 e. The van der Waals surface area contributed by atoms with Crippen LogP contribution in [0.3, 0.4) is 0 Å². The molecule has 0 aromatic rings. The molecule has 0 aromatic carbocycles. The predicted molar refractivity (Wildman–Crippen MR) is 72.9 cm³/mol. The van der Waals surface area contributed by atoms with Gasteiger partial charge in [-0.2, -0.15) is 5.10 Å². The molecule has 116 valence electrons. The van der Waals surface area contributed by atoms with Crippen LogP contribution in [0.5, 0.6) is 0 Å². The standard InChI is InChI=1S/C12H18N4O5/c1-4-12(19)9(20-3)8(6(2)17)21-10(12)16-11(18)15-7(13)5-14-16/h1,5-6,8-11,17-19H,2-3H3,(H2,13,15)/t6-,8-,9+,10-,11?,12?/m1/s1.